The van der Waals surface area contributed by atoms with Crippen LogP contribution in [0.1, 0.15) is 72.1 Å². The summed E-state index contributed by atoms with van der Waals surface area (Å²) in [5.41, 5.74) is 3.70. The Hall–Kier alpha value is -2.48. The molecule has 8 heteroatoms. The van der Waals surface area contributed by atoms with Crippen LogP contribution in [-0.4, -0.2) is 64.4 Å². The van der Waals surface area contributed by atoms with E-state index in [-0.39, 0.29) is 23.9 Å². The van der Waals surface area contributed by atoms with E-state index in [4.69, 9.17) is 11.6 Å². The summed E-state index contributed by atoms with van der Waals surface area (Å²) < 4.78 is 0. The third-order valence-electron chi connectivity index (χ3n) is 8.16. The number of anilines is 1. The molecule has 37 heavy (non-hydrogen) atoms. The Labute approximate surface area is 225 Å². The molecule has 2 aliphatic heterocycles. The van der Waals surface area contributed by atoms with E-state index in [1.54, 1.807) is 12.1 Å². The number of likely N-dealkylation sites (tertiary alicyclic amines) is 2. The highest BCUT2D eigenvalue weighted by Gasteiger charge is 2.37. The van der Waals surface area contributed by atoms with Gasteiger partial charge >= 0.3 is 0 Å². The van der Waals surface area contributed by atoms with E-state index in [2.05, 4.69) is 37.6 Å². The molecule has 5 rings (SSSR count). The number of carbonyl (C=O) groups excluding carboxylic acids is 2. The maximum atomic E-state index is 13.3. The van der Waals surface area contributed by atoms with E-state index in [1.807, 2.05) is 19.9 Å². The van der Waals surface area contributed by atoms with Gasteiger partial charge in [-0.2, -0.15) is 0 Å². The van der Waals surface area contributed by atoms with Crippen molar-refractivity contribution in [3.63, 3.8) is 0 Å². The van der Waals surface area contributed by atoms with E-state index in [0.717, 1.165) is 81.0 Å². The predicted molar refractivity (Wildman–Crippen MR) is 147 cm³/mol. The standard InChI is InChI=1S/C29H38ClN5O2/c1-19-15-21(8-9-25(19)30)18-34-13-10-24(11-14-34)35-12-4-7-26(35)29(37)33-27-17-22(16-20(2)31-27)28(36)32-23-5-3-6-23/h8-9,15-17,23-24,26H,3-7,10-14,18H2,1-2H3,(H,32,36)(H,31,33,37)/t26-/m1/s1. The third kappa shape index (κ3) is 6.33. The molecule has 0 bridgehead atoms. The molecule has 1 saturated carbocycles. The zero-order chi connectivity index (χ0) is 25.9. The quantitative estimate of drug-likeness (QED) is 0.550. The molecule has 1 aromatic carbocycles. The van der Waals surface area contributed by atoms with E-state index in [9.17, 15) is 9.59 Å². The number of nitrogens with zero attached hydrogens (tertiary/aromatic N) is 3. The highest BCUT2D eigenvalue weighted by molar-refractivity contribution is 6.31. The Kier molecular flexibility index (Phi) is 8.12. The zero-order valence-corrected chi connectivity index (χ0v) is 22.7. The summed E-state index contributed by atoms with van der Waals surface area (Å²) in [6.07, 6.45) is 7.25. The average Bonchev–Trinajstić information content (AvgIpc) is 3.34. The summed E-state index contributed by atoms with van der Waals surface area (Å²) >= 11 is 6.19. The molecule has 2 N–H and O–H groups in total. The van der Waals surface area contributed by atoms with Gasteiger partial charge in [0.2, 0.25) is 5.91 Å². The minimum Gasteiger partial charge on any atom is -0.349 e. The highest BCUT2D eigenvalue weighted by atomic mass is 35.5. The largest absolute Gasteiger partial charge is 0.349 e. The van der Waals surface area contributed by atoms with Gasteiger partial charge in [0.1, 0.15) is 5.82 Å². The molecule has 1 aromatic heterocycles. The summed E-state index contributed by atoms with van der Waals surface area (Å²) in [6.45, 7) is 7.84. The van der Waals surface area contributed by atoms with Crippen LogP contribution in [0, 0.1) is 13.8 Å². The molecule has 2 aromatic rings. The van der Waals surface area contributed by atoms with Crippen LogP contribution in [0.4, 0.5) is 5.82 Å². The van der Waals surface area contributed by atoms with Crippen LogP contribution in [0.15, 0.2) is 30.3 Å². The van der Waals surface area contributed by atoms with Crippen LogP contribution in [0.25, 0.3) is 0 Å². The molecular formula is C29H38ClN5O2. The lowest BCUT2D eigenvalue weighted by molar-refractivity contribution is -0.121. The van der Waals surface area contributed by atoms with Gasteiger partial charge in [0.25, 0.3) is 5.91 Å². The molecule has 3 aliphatic rings. The molecule has 0 unspecified atom stereocenters. The summed E-state index contributed by atoms with van der Waals surface area (Å²) in [5.74, 6) is 0.359. The molecule has 0 radical (unpaired) electrons. The lowest BCUT2D eigenvalue weighted by atomic mass is 9.93. The number of aromatic nitrogens is 1. The van der Waals surface area contributed by atoms with E-state index in [0.29, 0.717) is 17.4 Å². The number of nitrogens with one attached hydrogen (secondary N) is 2. The highest BCUT2D eigenvalue weighted by Crippen LogP contribution is 2.28. The van der Waals surface area contributed by atoms with Gasteiger partial charge < -0.3 is 10.6 Å². The molecular weight excluding hydrogens is 486 g/mol. The van der Waals surface area contributed by atoms with Crippen LogP contribution >= 0.6 is 11.6 Å². The number of hydrogen-bond acceptors (Lipinski definition) is 5. The van der Waals surface area contributed by atoms with E-state index < -0.39 is 0 Å². The fourth-order valence-corrected chi connectivity index (χ4v) is 5.99. The van der Waals surface area contributed by atoms with Crippen molar-refractivity contribution in [2.45, 2.75) is 83.5 Å². The number of pyridine rings is 1. The lowest BCUT2D eigenvalue weighted by Crippen LogP contribution is -2.50. The normalized spacial score (nSPS) is 21.5. The van der Waals surface area contributed by atoms with Crippen molar-refractivity contribution in [1.29, 1.82) is 0 Å². The van der Waals surface area contributed by atoms with Gasteiger partial charge in [-0.05, 0) is 108 Å². The molecule has 0 spiro atoms. The number of halogens is 1. The van der Waals surface area contributed by atoms with Crippen molar-refractivity contribution < 1.29 is 9.59 Å². The minimum absolute atomic E-state index is 0.0139. The van der Waals surface area contributed by atoms with Crippen molar-refractivity contribution >= 4 is 29.2 Å². The number of rotatable bonds is 7. The molecule has 2 saturated heterocycles. The maximum Gasteiger partial charge on any atom is 0.251 e. The second-order valence-corrected chi connectivity index (χ2v) is 11.4. The number of hydrogen-bond donors (Lipinski definition) is 2. The summed E-state index contributed by atoms with van der Waals surface area (Å²) in [7, 11) is 0. The summed E-state index contributed by atoms with van der Waals surface area (Å²) in [5, 5.41) is 6.92. The molecule has 1 aliphatic carbocycles. The third-order valence-corrected chi connectivity index (χ3v) is 8.58. The molecule has 7 nitrogen and oxygen atoms in total. The van der Waals surface area contributed by atoms with Gasteiger partial charge in [0, 0.05) is 34.9 Å². The van der Waals surface area contributed by atoms with Crippen molar-refractivity contribution in [2.75, 3.05) is 25.0 Å². The molecule has 3 fully saturated rings. The summed E-state index contributed by atoms with van der Waals surface area (Å²) in [6, 6.07) is 10.3. The van der Waals surface area contributed by atoms with E-state index >= 15 is 0 Å². The van der Waals surface area contributed by atoms with Crippen LogP contribution in [0.3, 0.4) is 0 Å². The second kappa shape index (κ2) is 11.5. The Morgan fingerprint density at radius 1 is 1.00 bits per heavy atom. The number of aryl methyl sites for hydroxylation is 2. The zero-order valence-electron chi connectivity index (χ0n) is 21.9. The fourth-order valence-electron chi connectivity index (χ4n) is 5.87. The Bertz CT molecular complexity index is 1140. The van der Waals surface area contributed by atoms with Crippen LogP contribution in [0.2, 0.25) is 5.02 Å². The monoisotopic (exact) mass is 523 g/mol. The van der Waals surface area contributed by atoms with Crippen LogP contribution in [-0.2, 0) is 11.3 Å². The van der Waals surface area contributed by atoms with Crippen LogP contribution < -0.4 is 10.6 Å². The van der Waals surface area contributed by atoms with Gasteiger partial charge in [-0.25, -0.2) is 4.98 Å². The second-order valence-electron chi connectivity index (χ2n) is 11.0. The van der Waals surface area contributed by atoms with Crippen molar-refractivity contribution in [1.82, 2.24) is 20.1 Å². The first-order valence-electron chi connectivity index (χ1n) is 13.7. The topological polar surface area (TPSA) is 77.6 Å². The summed E-state index contributed by atoms with van der Waals surface area (Å²) in [4.78, 5) is 35.4. The first-order chi connectivity index (χ1) is 17.9. The lowest BCUT2D eigenvalue weighted by Gasteiger charge is -2.39. The van der Waals surface area contributed by atoms with Crippen molar-refractivity contribution in [3.8, 4) is 0 Å². The maximum absolute atomic E-state index is 13.3. The number of piperidine rings is 1. The SMILES string of the molecule is Cc1cc(C(=O)NC2CCC2)cc(NC(=O)[C@H]2CCCN2C2CCN(Cc3ccc(Cl)c(C)c3)CC2)n1. The fraction of sp³-hybridized carbons (Fsp3) is 0.552. The number of carbonyl (C=O) groups is 2. The van der Waals surface area contributed by atoms with Gasteiger partial charge in [0.05, 0.1) is 6.04 Å². The molecule has 2 amide bonds. The average molecular weight is 524 g/mol. The molecule has 198 valence electrons. The first-order valence-corrected chi connectivity index (χ1v) is 14.1. The van der Waals surface area contributed by atoms with Gasteiger partial charge in [-0.1, -0.05) is 23.7 Å². The molecule has 1 atom stereocenters. The van der Waals surface area contributed by atoms with Crippen LogP contribution in [0.5, 0.6) is 0 Å². The Morgan fingerprint density at radius 2 is 1.78 bits per heavy atom. The van der Waals surface area contributed by atoms with Crippen molar-refractivity contribution in [3.05, 3.63) is 57.7 Å². The minimum atomic E-state index is -0.148. The Balaban J connectivity index is 1.16. The number of amides is 2. The van der Waals surface area contributed by atoms with Gasteiger partial charge in [-0.15, -0.1) is 0 Å². The predicted octanol–water partition coefficient (Wildman–Crippen LogP) is 4.70. The smallest absolute Gasteiger partial charge is 0.251 e. The Morgan fingerprint density at radius 3 is 2.49 bits per heavy atom. The van der Waals surface area contributed by atoms with Gasteiger partial charge in [-0.3, -0.25) is 19.4 Å². The van der Waals surface area contributed by atoms with Gasteiger partial charge in [0.15, 0.2) is 0 Å². The van der Waals surface area contributed by atoms with Crippen molar-refractivity contribution in [2.24, 2.45) is 0 Å². The number of benzene rings is 1. The van der Waals surface area contributed by atoms with E-state index in [1.165, 1.54) is 12.0 Å². The first kappa shape index (κ1) is 26.1. The molecule has 3 heterocycles.